The Labute approximate surface area is 170 Å². The number of nitrogens with two attached hydrogens (primary N) is 1. The van der Waals surface area contributed by atoms with Crippen molar-refractivity contribution in [3.63, 3.8) is 0 Å². The van der Waals surface area contributed by atoms with Crippen LogP contribution in [-0.2, 0) is 14.4 Å². The fraction of sp³-hybridized carbons (Fsp3) is 0.545. The van der Waals surface area contributed by atoms with E-state index < -0.39 is 11.9 Å². The Morgan fingerprint density at radius 1 is 1.03 bits per heavy atom. The molecule has 0 aromatic heterocycles. The van der Waals surface area contributed by atoms with Gasteiger partial charge in [0.25, 0.3) is 5.91 Å². The van der Waals surface area contributed by atoms with Crippen LogP contribution in [0.1, 0.15) is 57.3 Å². The molecule has 1 aliphatic heterocycles. The van der Waals surface area contributed by atoms with Crippen LogP contribution in [0, 0.1) is 16.7 Å². The summed E-state index contributed by atoms with van der Waals surface area (Å²) in [5.74, 6) is -1.45. The fourth-order valence-electron chi connectivity index (χ4n) is 4.78. The highest BCUT2D eigenvalue weighted by molar-refractivity contribution is 6.23. The molecule has 4 amide bonds. The van der Waals surface area contributed by atoms with Crippen molar-refractivity contribution in [3.05, 3.63) is 29.8 Å². The van der Waals surface area contributed by atoms with Gasteiger partial charge in [-0.05, 0) is 47.9 Å². The van der Waals surface area contributed by atoms with E-state index in [0.717, 1.165) is 17.7 Å². The van der Waals surface area contributed by atoms with Crippen LogP contribution < -0.4 is 10.6 Å². The summed E-state index contributed by atoms with van der Waals surface area (Å²) in [7, 11) is 0. The van der Waals surface area contributed by atoms with E-state index in [1.165, 1.54) is 24.3 Å². The molecule has 4 rings (SSSR count). The number of amides is 4. The van der Waals surface area contributed by atoms with Gasteiger partial charge in [0.15, 0.2) is 0 Å². The molecule has 0 spiro atoms. The van der Waals surface area contributed by atoms with Crippen molar-refractivity contribution in [2.24, 2.45) is 22.5 Å². The van der Waals surface area contributed by atoms with E-state index in [4.69, 9.17) is 5.73 Å². The standard InChI is InChI=1S/C22H27N3O4/c1-21(2)17(22(21,3)4)20(29)24(13-9-10-13)15-11-16(26)25(19(15)28)14-7-5-12(6-8-14)18(23)27/h5-8,13,15,17H,9-11H2,1-4H3,(H2,23,27). The fourth-order valence-corrected chi connectivity index (χ4v) is 4.78. The Kier molecular flexibility index (Phi) is 4.16. The lowest BCUT2D eigenvalue weighted by Crippen LogP contribution is -2.48. The predicted octanol–water partition coefficient (Wildman–Crippen LogP) is 2.09. The summed E-state index contributed by atoms with van der Waals surface area (Å²) in [6, 6.07) is 5.33. The molecular weight excluding hydrogens is 370 g/mol. The normalized spacial score (nSPS) is 25.2. The van der Waals surface area contributed by atoms with Crippen LogP contribution in [0.25, 0.3) is 0 Å². The van der Waals surface area contributed by atoms with E-state index >= 15 is 0 Å². The molecule has 0 bridgehead atoms. The van der Waals surface area contributed by atoms with Crippen molar-refractivity contribution in [2.75, 3.05) is 4.90 Å². The summed E-state index contributed by atoms with van der Waals surface area (Å²) >= 11 is 0. The Morgan fingerprint density at radius 2 is 1.59 bits per heavy atom. The van der Waals surface area contributed by atoms with Gasteiger partial charge in [0.1, 0.15) is 6.04 Å². The summed E-state index contributed by atoms with van der Waals surface area (Å²) in [6.07, 6.45) is 1.72. The third-order valence-corrected chi connectivity index (χ3v) is 7.33. The Bertz CT molecular complexity index is 900. The van der Waals surface area contributed by atoms with E-state index in [1.54, 1.807) is 4.90 Å². The third kappa shape index (κ3) is 2.86. The van der Waals surface area contributed by atoms with Crippen LogP contribution in [0.15, 0.2) is 24.3 Å². The Morgan fingerprint density at radius 3 is 2.03 bits per heavy atom. The minimum absolute atomic E-state index is 0.00772. The van der Waals surface area contributed by atoms with Gasteiger partial charge in [-0.15, -0.1) is 0 Å². The maximum absolute atomic E-state index is 13.4. The molecular formula is C22H27N3O4. The first-order valence-corrected chi connectivity index (χ1v) is 10.1. The van der Waals surface area contributed by atoms with Crippen LogP contribution >= 0.6 is 0 Å². The number of imide groups is 1. The summed E-state index contributed by atoms with van der Waals surface area (Å²) in [6.45, 7) is 8.31. The van der Waals surface area contributed by atoms with Crippen LogP contribution in [0.5, 0.6) is 0 Å². The second kappa shape index (κ2) is 6.15. The first-order chi connectivity index (χ1) is 13.5. The van der Waals surface area contributed by atoms with Gasteiger partial charge in [-0.2, -0.15) is 0 Å². The second-order valence-corrected chi connectivity index (χ2v) is 9.55. The van der Waals surface area contributed by atoms with Crippen molar-refractivity contribution in [1.29, 1.82) is 0 Å². The van der Waals surface area contributed by atoms with Gasteiger partial charge in [0, 0.05) is 17.5 Å². The zero-order chi connectivity index (χ0) is 21.3. The predicted molar refractivity (Wildman–Crippen MR) is 107 cm³/mol. The van der Waals surface area contributed by atoms with Crippen molar-refractivity contribution in [3.8, 4) is 0 Å². The van der Waals surface area contributed by atoms with Crippen molar-refractivity contribution in [1.82, 2.24) is 4.90 Å². The summed E-state index contributed by atoms with van der Waals surface area (Å²) < 4.78 is 0. The first-order valence-electron chi connectivity index (χ1n) is 10.1. The van der Waals surface area contributed by atoms with E-state index in [9.17, 15) is 19.2 Å². The molecule has 29 heavy (non-hydrogen) atoms. The van der Waals surface area contributed by atoms with E-state index in [2.05, 4.69) is 27.7 Å². The number of nitrogens with zero attached hydrogens (tertiary/aromatic N) is 2. The summed E-state index contributed by atoms with van der Waals surface area (Å²) in [5, 5.41) is 0. The smallest absolute Gasteiger partial charge is 0.257 e. The lowest BCUT2D eigenvalue weighted by molar-refractivity contribution is -0.141. The largest absolute Gasteiger partial charge is 0.366 e. The molecule has 7 nitrogen and oxygen atoms in total. The molecule has 3 fully saturated rings. The molecule has 2 saturated carbocycles. The molecule has 2 N–H and O–H groups in total. The third-order valence-electron chi connectivity index (χ3n) is 7.33. The zero-order valence-corrected chi connectivity index (χ0v) is 17.3. The van der Waals surface area contributed by atoms with Crippen LogP contribution in [0.4, 0.5) is 5.69 Å². The van der Waals surface area contributed by atoms with E-state index in [0.29, 0.717) is 11.3 Å². The first kappa shape index (κ1) is 19.6. The van der Waals surface area contributed by atoms with Gasteiger partial charge >= 0.3 is 0 Å². The molecule has 1 aromatic rings. The number of benzene rings is 1. The van der Waals surface area contributed by atoms with Gasteiger partial charge < -0.3 is 10.6 Å². The Balaban J connectivity index is 1.60. The van der Waals surface area contributed by atoms with Crippen LogP contribution in [0.2, 0.25) is 0 Å². The number of rotatable bonds is 5. The number of hydrogen-bond donors (Lipinski definition) is 1. The number of hydrogen-bond acceptors (Lipinski definition) is 4. The van der Waals surface area contributed by atoms with E-state index in [1.807, 2.05) is 0 Å². The average molecular weight is 397 g/mol. The highest BCUT2D eigenvalue weighted by Crippen LogP contribution is 2.69. The Hall–Kier alpha value is -2.70. The molecule has 2 aliphatic carbocycles. The molecule has 1 aromatic carbocycles. The number of carbonyl (C=O) groups excluding carboxylic acids is 4. The quantitative estimate of drug-likeness (QED) is 0.769. The molecule has 1 heterocycles. The van der Waals surface area contributed by atoms with Crippen LogP contribution in [-0.4, -0.2) is 40.6 Å². The van der Waals surface area contributed by atoms with Crippen molar-refractivity contribution >= 4 is 29.3 Å². The van der Waals surface area contributed by atoms with Gasteiger partial charge in [-0.1, -0.05) is 27.7 Å². The van der Waals surface area contributed by atoms with Crippen molar-refractivity contribution < 1.29 is 19.2 Å². The maximum atomic E-state index is 13.4. The summed E-state index contributed by atoms with van der Waals surface area (Å²) in [5.41, 5.74) is 5.69. The highest BCUT2D eigenvalue weighted by Gasteiger charge is 2.70. The lowest BCUT2D eigenvalue weighted by Gasteiger charge is -2.28. The zero-order valence-electron chi connectivity index (χ0n) is 17.3. The minimum atomic E-state index is -0.759. The number of primary amides is 1. The number of anilines is 1. The molecule has 0 radical (unpaired) electrons. The molecule has 1 unspecified atom stereocenters. The molecule has 1 saturated heterocycles. The lowest BCUT2D eigenvalue weighted by atomic mass is 10.0. The van der Waals surface area contributed by atoms with Gasteiger partial charge in [0.2, 0.25) is 17.7 Å². The van der Waals surface area contributed by atoms with E-state index in [-0.39, 0.29) is 46.9 Å². The molecule has 154 valence electrons. The van der Waals surface area contributed by atoms with Crippen molar-refractivity contribution in [2.45, 2.75) is 59.0 Å². The van der Waals surface area contributed by atoms with Crippen LogP contribution in [0.3, 0.4) is 0 Å². The monoisotopic (exact) mass is 397 g/mol. The number of carbonyl (C=O) groups is 4. The average Bonchev–Trinajstić information content (AvgIpc) is 3.49. The topological polar surface area (TPSA) is 101 Å². The minimum Gasteiger partial charge on any atom is -0.366 e. The van der Waals surface area contributed by atoms with Gasteiger partial charge in [-0.3, -0.25) is 19.2 Å². The summed E-state index contributed by atoms with van der Waals surface area (Å²) in [4.78, 5) is 53.4. The second-order valence-electron chi connectivity index (χ2n) is 9.55. The highest BCUT2D eigenvalue weighted by atomic mass is 16.2. The molecule has 1 atom stereocenters. The van der Waals surface area contributed by atoms with Gasteiger partial charge in [-0.25, -0.2) is 4.90 Å². The maximum Gasteiger partial charge on any atom is 0.257 e. The molecule has 3 aliphatic rings. The molecule has 7 heteroatoms. The SMILES string of the molecule is CC1(C)C(C(=O)N(C2CC2)C2CC(=O)N(c3ccc(C(N)=O)cc3)C2=O)C1(C)C. The van der Waals surface area contributed by atoms with Gasteiger partial charge in [0.05, 0.1) is 12.1 Å².